The Morgan fingerprint density at radius 2 is 1.88 bits per heavy atom. The standard InChI is InChI=1S/C32H40N2O7/c1-19-15-23-7-5-10-29(35)41-31-21(3)27(40-30(22(31)4)20(2)11-13-33)8-6-9-28-34-26(18-37-28)32-36-14-12-24(39-32)17-25(16-19)38-23/h5-6,9-11,18,21-25,27,30-32H,1,7-8,12,14-17H2,2-4H3/b9-6+,10-5-,20-11-. The summed E-state index contributed by atoms with van der Waals surface area (Å²) in [5.41, 5.74) is 2.54. The normalized spacial score (nSPS) is 38.6. The average molecular weight is 565 g/mol. The van der Waals surface area contributed by atoms with E-state index in [1.807, 2.05) is 32.9 Å². The summed E-state index contributed by atoms with van der Waals surface area (Å²) in [6, 6.07) is 2.10. The maximum atomic E-state index is 13.0. The van der Waals surface area contributed by atoms with Gasteiger partial charge in [-0.25, -0.2) is 9.78 Å². The first-order valence-corrected chi connectivity index (χ1v) is 14.6. The highest BCUT2D eigenvalue weighted by molar-refractivity contribution is 5.82. The number of hydrogen-bond acceptors (Lipinski definition) is 9. The van der Waals surface area contributed by atoms with E-state index < -0.39 is 18.4 Å². The first kappa shape index (κ1) is 29.5. The molecule has 4 aliphatic heterocycles. The van der Waals surface area contributed by atoms with Crippen molar-refractivity contribution in [2.75, 3.05) is 6.61 Å². The Balaban J connectivity index is 1.41. The topological polar surface area (TPSA) is 113 Å². The van der Waals surface area contributed by atoms with Crippen molar-refractivity contribution in [3.63, 3.8) is 0 Å². The second kappa shape index (κ2) is 13.3. The lowest BCUT2D eigenvalue weighted by Gasteiger charge is -2.44. The highest BCUT2D eigenvalue weighted by Crippen LogP contribution is 2.37. The summed E-state index contributed by atoms with van der Waals surface area (Å²) < 4.78 is 36.7. The zero-order chi connectivity index (χ0) is 28.9. The molecular weight excluding hydrogens is 524 g/mol. The molecule has 5 heterocycles. The van der Waals surface area contributed by atoms with Gasteiger partial charge >= 0.3 is 5.97 Å². The Kier molecular flexibility index (Phi) is 9.56. The molecule has 4 aliphatic rings. The van der Waals surface area contributed by atoms with Crippen LogP contribution in [0.1, 0.15) is 77.2 Å². The Bertz CT molecular complexity index is 1230. The fourth-order valence-electron chi connectivity index (χ4n) is 6.35. The summed E-state index contributed by atoms with van der Waals surface area (Å²) in [6.07, 6.45) is 12.6. The lowest BCUT2D eigenvalue weighted by Crippen LogP contribution is -2.50. The van der Waals surface area contributed by atoms with Crippen LogP contribution in [-0.4, -0.2) is 54.2 Å². The summed E-state index contributed by atoms with van der Waals surface area (Å²) in [5, 5.41) is 9.25. The van der Waals surface area contributed by atoms with E-state index in [1.54, 1.807) is 12.3 Å². The fraction of sp³-hybridized carbons (Fsp3) is 0.594. The molecule has 0 N–H and O–H groups in total. The highest BCUT2D eigenvalue weighted by atomic mass is 16.7. The number of carbonyl (C=O) groups excluding carboxylic acids is 1. The molecule has 8 bridgehead atoms. The molecule has 3 saturated heterocycles. The third-order valence-electron chi connectivity index (χ3n) is 8.45. The van der Waals surface area contributed by atoms with Gasteiger partial charge in [-0.3, -0.25) is 0 Å². The number of fused-ring (bicyclic) bond motifs is 9. The van der Waals surface area contributed by atoms with Crippen molar-refractivity contribution in [1.29, 1.82) is 5.26 Å². The lowest BCUT2D eigenvalue weighted by molar-refractivity contribution is -0.227. The van der Waals surface area contributed by atoms with Crippen LogP contribution < -0.4 is 0 Å². The molecule has 3 fully saturated rings. The molecule has 5 rings (SSSR count). The van der Waals surface area contributed by atoms with E-state index in [2.05, 4.69) is 17.6 Å². The summed E-state index contributed by atoms with van der Waals surface area (Å²) in [5.74, 6) is -0.166. The van der Waals surface area contributed by atoms with Crippen molar-refractivity contribution < 1.29 is 32.9 Å². The summed E-state index contributed by atoms with van der Waals surface area (Å²) in [7, 11) is 0. The molecule has 9 unspecified atom stereocenters. The van der Waals surface area contributed by atoms with E-state index in [1.165, 1.54) is 12.2 Å². The second-order valence-corrected chi connectivity index (χ2v) is 11.6. The number of rotatable bonds is 1. The molecule has 0 amide bonds. The van der Waals surface area contributed by atoms with E-state index in [-0.39, 0.29) is 42.4 Å². The molecule has 0 radical (unpaired) electrons. The number of oxazole rings is 1. The van der Waals surface area contributed by atoms with Crippen LogP contribution in [-0.2, 0) is 28.5 Å². The number of aromatic nitrogens is 1. The van der Waals surface area contributed by atoms with Gasteiger partial charge in [0.1, 0.15) is 18.1 Å². The van der Waals surface area contributed by atoms with Crippen molar-refractivity contribution in [3.05, 3.63) is 59.9 Å². The first-order chi connectivity index (χ1) is 19.8. The van der Waals surface area contributed by atoms with E-state index in [4.69, 9.17) is 28.1 Å². The van der Waals surface area contributed by atoms with E-state index in [9.17, 15) is 10.1 Å². The van der Waals surface area contributed by atoms with E-state index in [0.29, 0.717) is 31.0 Å². The molecule has 41 heavy (non-hydrogen) atoms. The number of allylic oxidation sites excluding steroid dienone is 1. The summed E-state index contributed by atoms with van der Waals surface area (Å²) >= 11 is 0. The van der Waals surface area contributed by atoms with Gasteiger partial charge < -0.3 is 28.1 Å². The Labute approximate surface area is 241 Å². The van der Waals surface area contributed by atoms with Gasteiger partial charge in [0.15, 0.2) is 0 Å². The largest absolute Gasteiger partial charge is 0.458 e. The minimum Gasteiger partial charge on any atom is -0.458 e. The quantitative estimate of drug-likeness (QED) is 0.239. The zero-order valence-corrected chi connectivity index (χ0v) is 24.1. The third kappa shape index (κ3) is 7.25. The molecule has 1 aromatic rings. The van der Waals surface area contributed by atoms with Gasteiger partial charge in [-0.05, 0) is 50.7 Å². The number of nitriles is 1. The smallest absolute Gasteiger partial charge is 0.330 e. The SMILES string of the molecule is C=C1CC2C/C=C\C(=O)OC3C(C)C(C/C=C/c4nc(co4)C4OCCC(CC(C1)O2)O4)OC(/C(C)=C\C#N)C3C. The van der Waals surface area contributed by atoms with Crippen LogP contribution in [0.25, 0.3) is 6.08 Å². The number of esters is 1. The molecule has 0 aromatic carbocycles. The van der Waals surface area contributed by atoms with Crippen molar-refractivity contribution in [2.45, 2.75) is 102 Å². The monoisotopic (exact) mass is 564 g/mol. The van der Waals surface area contributed by atoms with Gasteiger partial charge in [0.05, 0.1) is 43.2 Å². The number of nitrogens with zero attached hydrogens (tertiary/aromatic N) is 2. The van der Waals surface area contributed by atoms with Crippen LogP contribution in [0.2, 0.25) is 0 Å². The maximum Gasteiger partial charge on any atom is 0.330 e. The summed E-state index contributed by atoms with van der Waals surface area (Å²) in [4.78, 5) is 17.6. The molecule has 0 saturated carbocycles. The van der Waals surface area contributed by atoms with Crippen molar-refractivity contribution in [2.24, 2.45) is 11.8 Å². The predicted molar refractivity (Wildman–Crippen MR) is 150 cm³/mol. The molecular formula is C32H40N2O7. The number of hydrogen-bond donors (Lipinski definition) is 0. The van der Waals surface area contributed by atoms with Gasteiger partial charge in [-0.1, -0.05) is 38.2 Å². The van der Waals surface area contributed by atoms with Crippen LogP contribution >= 0.6 is 0 Å². The average Bonchev–Trinajstić information content (AvgIpc) is 3.41. The lowest BCUT2D eigenvalue weighted by atomic mass is 9.79. The van der Waals surface area contributed by atoms with Crippen LogP contribution in [0.3, 0.4) is 0 Å². The highest BCUT2D eigenvalue weighted by Gasteiger charge is 2.43. The van der Waals surface area contributed by atoms with Gasteiger partial charge in [-0.2, -0.15) is 5.26 Å². The van der Waals surface area contributed by atoms with Gasteiger partial charge in [-0.15, -0.1) is 0 Å². The Hall–Kier alpha value is -3.03. The minimum absolute atomic E-state index is 0.0160. The van der Waals surface area contributed by atoms with Gasteiger partial charge in [0.2, 0.25) is 12.2 Å². The Morgan fingerprint density at radius 3 is 2.71 bits per heavy atom. The maximum absolute atomic E-state index is 13.0. The van der Waals surface area contributed by atoms with Gasteiger partial charge in [0.25, 0.3) is 0 Å². The predicted octanol–water partition coefficient (Wildman–Crippen LogP) is 5.76. The molecule has 0 spiro atoms. The second-order valence-electron chi connectivity index (χ2n) is 11.6. The van der Waals surface area contributed by atoms with Crippen molar-refractivity contribution in [1.82, 2.24) is 4.98 Å². The third-order valence-corrected chi connectivity index (χ3v) is 8.45. The van der Waals surface area contributed by atoms with Crippen LogP contribution in [0.15, 0.2) is 52.7 Å². The van der Waals surface area contributed by atoms with Crippen LogP contribution in [0, 0.1) is 23.2 Å². The fourth-order valence-corrected chi connectivity index (χ4v) is 6.35. The number of carbonyl (C=O) groups is 1. The van der Waals surface area contributed by atoms with Gasteiger partial charge in [0, 0.05) is 30.4 Å². The van der Waals surface area contributed by atoms with Crippen LogP contribution in [0.5, 0.6) is 0 Å². The van der Waals surface area contributed by atoms with E-state index in [0.717, 1.165) is 36.8 Å². The molecule has 9 heteroatoms. The van der Waals surface area contributed by atoms with Crippen LogP contribution in [0.4, 0.5) is 0 Å². The molecule has 0 aliphatic carbocycles. The van der Waals surface area contributed by atoms with Crippen molar-refractivity contribution in [3.8, 4) is 6.07 Å². The zero-order valence-electron chi connectivity index (χ0n) is 24.1. The first-order valence-electron chi connectivity index (χ1n) is 14.6. The number of ether oxygens (including phenoxy) is 5. The Morgan fingerprint density at radius 1 is 1.07 bits per heavy atom. The molecule has 9 atom stereocenters. The van der Waals surface area contributed by atoms with Crippen molar-refractivity contribution >= 4 is 12.0 Å². The minimum atomic E-state index is -0.595. The molecule has 1 aromatic heterocycles. The summed E-state index contributed by atoms with van der Waals surface area (Å²) in [6.45, 7) is 10.7. The molecule has 9 nitrogen and oxygen atoms in total. The molecule has 220 valence electrons. The van der Waals surface area contributed by atoms with E-state index >= 15 is 0 Å².